The van der Waals surface area contributed by atoms with Gasteiger partial charge in [-0.05, 0) is 38.2 Å². The molecule has 0 unspecified atom stereocenters. The van der Waals surface area contributed by atoms with Gasteiger partial charge in [0.15, 0.2) is 17.5 Å². The maximum absolute atomic E-state index is 6.31. The van der Waals surface area contributed by atoms with E-state index >= 15 is 0 Å². The average molecular weight is 545 g/mol. The van der Waals surface area contributed by atoms with Gasteiger partial charge in [0.05, 0.1) is 23.9 Å². The van der Waals surface area contributed by atoms with E-state index in [9.17, 15) is 0 Å². The topological polar surface area (TPSA) is 67.8 Å². The molecule has 3 rings (SSSR count). The number of para-hydroxylation sites is 1. The minimum absolute atomic E-state index is 0. The number of thiazole rings is 1. The van der Waals surface area contributed by atoms with Crippen LogP contribution >= 0.6 is 35.3 Å². The first-order chi connectivity index (χ1) is 14.2. The summed E-state index contributed by atoms with van der Waals surface area (Å²) < 4.78 is 11.9. The van der Waals surface area contributed by atoms with Gasteiger partial charge in [0.25, 0.3) is 0 Å². The average Bonchev–Trinajstić information content (AvgIpc) is 3.43. The number of nitrogens with one attached hydrogen (secondary N) is 2. The Labute approximate surface area is 200 Å². The zero-order valence-electron chi connectivity index (χ0n) is 18.1. The Morgan fingerprint density at radius 1 is 1.27 bits per heavy atom. The monoisotopic (exact) mass is 544 g/mol. The van der Waals surface area contributed by atoms with Gasteiger partial charge < -0.3 is 20.1 Å². The standard InChI is InChI=1S/C22H32N4O2S.HI/c1-4-20-26-17(15-29-20)12-13-24-22(23-2)25-14-16-8-7-11-19(27-3)21(16)28-18-9-5-6-10-18;/h7-8,11,15,18H,4-6,9-10,12-14H2,1-3H3,(H2,23,24,25);1H. The molecule has 2 N–H and O–H groups in total. The second kappa shape index (κ2) is 13.0. The second-order valence-electron chi connectivity index (χ2n) is 7.16. The predicted octanol–water partition coefficient (Wildman–Crippen LogP) is 4.56. The fraction of sp³-hybridized carbons (Fsp3) is 0.545. The Morgan fingerprint density at radius 3 is 2.73 bits per heavy atom. The molecule has 166 valence electrons. The number of aryl methyl sites for hydroxylation is 1. The fourth-order valence-electron chi connectivity index (χ4n) is 3.50. The second-order valence-corrected chi connectivity index (χ2v) is 8.10. The summed E-state index contributed by atoms with van der Waals surface area (Å²) in [6.07, 6.45) is 6.87. The van der Waals surface area contributed by atoms with Gasteiger partial charge in [0, 0.05) is 37.5 Å². The van der Waals surface area contributed by atoms with Crippen LogP contribution in [-0.2, 0) is 19.4 Å². The van der Waals surface area contributed by atoms with Crippen molar-refractivity contribution in [3.63, 3.8) is 0 Å². The summed E-state index contributed by atoms with van der Waals surface area (Å²) >= 11 is 1.73. The van der Waals surface area contributed by atoms with Crippen molar-refractivity contribution >= 4 is 41.3 Å². The highest BCUT2D eigenvalue weighted by Gasteiger charge is 2.20. The van der Waals surface area contributed by atoms with Crippen LogP contribution in [0, 0.1) is 0 Å². The number of rotatable bonds is 9. The SMILES string of the molecule is CCc1nc(CCNC(=NC)NCc2cccc(OC)c2OC2CCCC2)cs1.I. The summed E-state index contributed by atoms with van der Waals surface area (Å²) in [5, 5.41) is 10.1. The molecule has 0 saturated heterocycles. The largest absolute Gasteiger partial charge is 0.493 e. The Bertz CT molecular complexity index is 806. The van der Waals surface area contributed by atoms with Crippen molar-refractivity contribution in [2.45, 2.75) is 58.1 Å². The number of halogens is 1. The van der Waals surface area contributed by atoms with Crippen molar-refractivity contribution < 1.29 is 9.47 Å². The highest BCUT2D eigenvalue weighted by Crippen LogP contribution is 2.34. The summed E-state index contributed by atoms with van der Waals surface area (Å²) in [6.45, 7) is 3.54. The van der Waals surface area contributed by atoms with Crippen molar-refractivity contribution in [1.29, 1.82) is 0 Å². The first-order valence-corrected chi connectivity index (χ1v) is 11.3. The molecule has 0 amide bonds. The molecular formula is C22H33IN4O2S. The van der Waals surface area contributed by atoms with E-state index in [1.807, 2.05) is 12.1 Å². The Kier molecular flexibility index (Phi) is 10.7. The highest BCUT2D eigenvalue weighted by atomic mass is 127. The van der Waals surface area contributed by atoms with Crippen LogP contribution in [0.2, 0.25) is 0 Å². The smallest absolute Gasteiger partial charge is 0.191 e. The third-order valence-electron chi connectivity index (χ3n) is 5.11. The molecule has 1 saturated carbocycles. The molecule has 2 aromatic rings. The lowest BCUT2D eigenvalue weighted by atomic mass is 10.1. The van der Waals surface area contributed by atoms with Crippen molar-refractivity contribution in [3.05, 3.63) is 39.8 Å². The van der Waals surface area contributed by atoms with Gasteiger partial charge in [-0.15, -0.1) is 35.3 Å². The van der Waals surface area contributed by atoms with Crippen LogP contribution < -0.4 is 20.1 Å². The minimum Gasteiger partial charge on any atom is -0.493 e. The van der Waals surface area contributed by atoms with Crippen LogP contribution in [0.3, 0.4) is 0 Å². The summed E-state index contributed by atoms with van der Waals surface area (Å²) in [7, 11) is 3.48. The maximum atomic E-state index is 6.31. The van der Waals surface area contributed by atoms with Crippen LogP contribution in [0.1, 0.15) is 48.9 Å². The van der Waals surface area contributed by atoms with E-state index in [1.54, 1.807) is 25.5 Å². The summed E-state index contributed by atoms with van der Waals surface area (Å²) in [5.74, 6) is 2.40. The van der Waals surface area contributed by atoms with E-state index in [1.165, 1.54) is 17.8 Å². The van der Waals surface area contributed by atoms with Gasteiger partial charge in [-0.1, -0.05) is 19.1 Å². The van der Waals surface area contributed by atoms with Crippen LogP contribution in [0.5, 0.6) is 11.5 Å². The number of ether oxygens (including phenoxy) is 2. The molecule has 0 aliphatic heterocycles. The molecule has 0 bridgehead atoms. The van der Waals surface area contributed by atoms with Crippen molar-refractivity contribution in [2.24, 2.45) is 4.99 Å². The maximum Gasteiger partial charge on any atom is 0.191 e. The number of guanidine groups is 1. The first kappa shape index (κ1) is 24.7. The summed E-state index contributed by atoms with van der Waals surface area (Å²) in [4.78, 5) is 8.95. The van der Waals surface area contributed by atoms with E-state index < -0.39 is 0 Å². The minimum atomic E-state index is 0. The van der Waals surface area contributed by atoms with Gasteiger partial charge >= 0.3 is 0 Å². The molecule has 1 aliphatic rings. The molecule has 1 aromatic heterocycles. The molecule has 1 aromatic carbocycles. The number of aromatic nitrogens is 1. The fourth-order valence-corrected chi connectivity index (χ4v) is 4.28. The van der Waals surface area contributed by atoms with Crippen LogP contribution in [-0.4, -0.2) is 37.7 Å². The summed E-state index contributed by atoms with van der Waals surface area (Å²) in [5.41, 5.74) is 2.21. The summed E-state index contributed by atoms with van der Waals surface area (Å²) in [6, 6.07) is 6.04. The molecule has 1 aliphatic carbocycles. The number of nitrogens with zero attached hydrogens (tertiary/aromatic N) is 2. The number of aliphatic imine (C=N–C) groups is 1. The van der Waals surface area contributed by atoms with E-state index in [0.29, 0.717) is 6.54 Å². The zero-order chi connectivity index (χ0) is 20.5. The molecule has 1 heterocycles. The Morgan fingerprint density at radius 2 is 2.07 bits per heavy atom. The quantitative estimate of drug-likeness (QED) is 0.275. The van der Waals surface area contributed by atoms with E-state index in [2.05, 4.69) is 39.0 Å². The molecular weight excluding hydrogens is 511 g/mol. The lowest BCUT2D eigenvalue weighted by Gasteiger charge is -2.20. The van der Waals surface area contributed by atoms with Crippen LogP contribution in [0.4, 0.5) is 0 Å². The number of hydrogen-bond donors (Lipinski definition) is 2. The first-order valence-electron chi connectivity index (χ1n) is 10.4. The molecule has 0 atom stereocenters. The molecule has 0 spiro atoms. The van der Waals surface area contributed by atoms with E-state index in [-0.39, 0.29) is 30.1 Å². The molecule has 1 fully saturated rings. The normalized spacial score (nSPS) is 14.3. The van der Waals surface area contributed by atoms with Crippen molar-refractivity contribution in [1.82, 2.24) is 15.6 Å². The predicted molar refractivity (Wildman–Crippen MR) is 135 cm³/mol. The third kappa shape index (κ3) is 7.01. The lowest BCUT2D eigenvalue weighted by Crippen LogP contribution is -2.38. The molecule has 30 heavy (non-hydrogen) atoms. The molecule has 8 heteroatoms. The lowest BCUT2D eigenvalue weighted by molar-refractivity contribution is 0.198. The van der Waals surface area contributed by atoms with Crippen molar-refractivity contribution in [2.75, 3.05) is 20.7 Å². The Hall–Kier alpha value is -1.55. The van der Waals surface area contributed by atoms with Crippen LogP contribution in [0.25, 0.3) is 0 Å². The van der Waals surface area contributed by atoms with Gasteiger partial charge in [0.2, 0.25) is 0 Å². The van der Waals surface area contributed by atoms with Gasteiger partial charge in [-0.2, -0.15) is 0 Å². The Balaban J connectivity index is 0.00000320. The zero-order valence-corrected chi connectivity index (χ0v) is 21.2. The van der Waals surface area contributed by atoms with E-state index in [0.717, 1.165) is 60.9 Å². The number of benzene rings is 1. The van der Waals surface area contributed by atoms with Gasteiger partial charge in [0.1, 0.15) is 0 Å². The number of methoxy groups -OCH3 is 1. The van der Waals surface area contributed by atoms with Gasteiger partial charge in [-0.25, -0.2) is 4.98 Å². The molecule has 0 radical (unpaired) electrons. The van der Waals surface area contributed by atoms with Gasteiger partial charge in [-0.3, -0.25) is 4.99 Å². The van der Waals surface area contributed by atoms with E-state index in [4.69, 9.17) is 9.47 Å². The third-order valence-corrected chi connectivity index (χ3v) is 6.15. The highest BCUT2D eigenvalue weighted by molar-refractivity contribution is 14.0. The molecule has 6 nitrogen and oxygen atoms in total. The van der Waals surface area contributed by atoms with Crippen LogP contribution in [0.15, 0.2) is 28.6 Å². The number of hydrogen-bond acceptors (Lipinski definition) is 5. The van der Waals surface area contributed by atoms with Crippen molar-refractivity contribution in [3.8, 4) is 11.5 Å².